The molecular formula is C19H18N2O6. The molecule has 8 nitrogen and oxygen atoms in total. The van der Waals surface area contributed by atoms with Gasteiger partial charge in [0.2, 0.25) is 5.91 Å². The Labute approximate surface area is 155 Å². The van der Waals surface area contributed by atoms with Crippen LogP contribution in [0.25, 0.3) is 0 Å². The van der Waals surface area contributed by atoms with Gasteiger partial charge in [-0.3, -0.25) is 19.3 Å². The molecular weight excluding hydrogens is 352 g/mol. The number of hydrogen-bond donors (Lipinski definition) is 1. The molecule has 0 unspecified atom stereocenters. The summed E-state index contributed by atoms with van der Waals surface area (Å²) in [7, 11) is 1.54. The number of carbonyl (C=O) groups excluding carboxylic acids is 3. The van der Waals surface area contributed by atoms with Gasteiger partial charge in [0.05, 0.1) is 17.7 Å². The Balaban J connectivity index is 1.60. The van der Waals surface area contributed by atoms with Gasteiger partial charge in [0.1, 0.15) is 17.1 Å². The molecule has 140 valence electrons. The quantitative estimate of drug-likeness (QED) is 0.779. The molecule has 1 aliphatic rings. The second-order valence-corrected chi connectivity index (χ2v) is 6.30. The van der Waals surface area contributed by atoms with E-state index in [0.717, 1.165) is 4.90 Å². The van der Waals surface area contributed by atoms with E-state index in [4.69, 9.17) is 9.52 Å². The lowest BCUT2D eigenvalue weighted by molar-refractivity contribution is -0.130. The van der Waals surface area contributed by atoms with Gasteiger partial charge in [-0.2, -0.15) is 0 Å². The van der Waals surface area contributed by atoms with E-state index in [1.165, 1.54) is 17.9 Å². The predicted octanol–water partition coefficient (Wildman–Crippen LogP) is 1.93. The Morgan fingerprint density at radius 1 is 1.15 bits per heavy atom. The highest BCUT2D eigenvalue weighted by molar-refractivity contribution is 6.21. The summed E-state index contributed by atoms with van der Waals surface area (Å²) in [6.07, 6.45) is -0.0343. The first kappa shape index (κ1) is 18.4. The fourth-order valence-corrected chi connectivity index (χ4v) is 3.00. The molecule has 27 heavy (non-hydrogen) atoms. The fraction of sp³-hybridized carbons (Fsp3) is 0.263. The highest BCUT2D eigenvalue weighted by atomic mass is 16.4. The first-order valence-electron chi connectivity index (χ1n) is 8.31. The number of amides is 3. The Hall–Kier alpha value is -3.42. The molecule has 0 bridgehead atoms. The van der Waals surface area contributed by atoms with Crippen LogP contribution in [0.2, 0.25) is 0 Å². The van der Waals surface area contributed by atoms with E-state index in [1.807, 2.05) is 0 Å². The molecule has 1 N–H and O–H groups in total. The molecule has 3 rings (SSSR count). The van der Waals surface area contributed by atoms with E-state index in [9.17, 15) is 19.2 Å². The summed E-state index contributed by atoms with van der Waals surface area (Å²) in [5.74, 6) is -1.58. The molecule has 0 aliphatic carbocycles. The minimum Gasteiger partial charge on any atom is -0.478 e. The van der Waals surface area contributed by atoms with Crippen LogP contribution in [-0.4, -0.2) is 52.2 Å². The van der Waals surface area contributed by atoms with Gasteiger partial charge in [0.25, 0.3) is 11.8 Å². The molecule has 1 aromatic heterocycles. The number of aromatic carboxylic acids is 1. The highest BCUT2D eigenvalue weighted by Crippen LogP contribution is 2.22. The maximum absolute atomic E-state index is 12.3. The number of rotatable bonds is 6. The number of carbonyl (C=O) groups is 4. The van der Waals surface area contributed by atoms with Gasteiger partial charge >= 0.3 is 5.97 Å². The van der Waals surface area contributed by atoms with Crippen LogP contribution < -0.4 is 0 Å². The van der Waals surface area contributed by atoms with Crippen molar-refractivity contribution in [2.24, 2.45) is 0 Å². The van der Waals surface area contributed by atoms with Crippen molar-refractivity contribution in [3.63, 3.8) is 0 Å². The zero-order valence-electron chi connectivity index (χ0n) is 14.9. The zero-order valence-corrected chi connectivity index (χ0v) is 14.9. The third-order valence-electron chi connectivity index (χ3n) is 4.45. The van der Waals surface area contributed by atoms with Crippen molar-refractivity contribution in [1.82, 2.24) is 9.80 Å². The van der Waals surface area contributed by atoms with Crippen LogP contribution in [0.15, 0.2) is 34.7 Å². The number of imide groups is 1. The normalized spacial score (nSPS) is 13.0. The minimum atomic E-state index is -1.10. The lowest BCUT2D eigenvalue weighted by atomic mass is 10.1. The fourth-order valence-electron chi connectivity index (χ4n) is 3.00. The monoisotopic (exact) mass is 370 g/mol. The zero-order chi connectivity index (χ0) is 19.7. The van der Waals surface area contributed by atoms with E-state index in [-0.39, 0.29) is 36.7 Å². The van der Waals surface area contributed by atoms with Crippen LogP contribution in [0.5, 0.6) is 0 Å². The Kier molecular flexibility index (Phi) is 4.81. The van der Waals surface area contributed by atoms with E-state index in [1.54, 1.807) is 31.3 Å². The van der Waals surface area contributed by atoms with Gasteiger partial charge in [-0.05, 0) is 25.1 Å². The van der Waals surface area contributed by atoms with Gasteiger partial charge in [0.15, 0.2) is 0 Å². The molecule has 1 aromatic carbocycles. The molecule has 0 atom stereocenters. The van der Waals surface area contributed by atoms with E-state index >= 15 is 0 Å². The molecule has 3 amide bonds. The number of furan rings is 1. The molecule has 0 spiro atoms. The van der Waals surface area contributed by atoms with Crippen molar-refractivity contribution in [2.45, 2.75) is 19.9 Å². The number of aryl methyl sites for hydroxylation is 1. The summed E-state index contributed by atoms with van der Waals surface area (Å²) >= 11 is 0. The average Bonchev–Trinajstić information content (AvgIpc) is 3.11. The van der Waals surface area contributed by atoms with Gasteiger partial charge in [-0.1, -0.05) is 12.1 Å². The average molecular weight is 370 g/mol. The molecule has 1 aliphatic heterocycles. The van der Waals surface area contributed by atoms with Gasteiger partial charge < -0.3 is 14.4 Å². The summed E-state index contributed by atoms with van der Waals surface area (Å²) in [5.41, 5.74) is 0.739. The van der Waals surface area contributed by atoms with E-state index < -0.39 is 17.8 Å². The first-order valence-corrected chi connectivity index (χ1v) is 8.31. The third-order valence-corrected chi connectivity index (χ3v) is 4.45. The third kappa shape index (κ3) is 3.46. The van der Waals surface area contributed by atoms with Crippen molar-refractivity contribution in [3.05, 3.63) is 58.5 Å². The SMILES string of the molecule is Cc1oc(CN(C)C(=O)CCN2C(=O)c3ccccc3C2=O)cc1C(=O)O. The number of carboxylic acid groups (broad SMARTS) is 1. The van der Waals surface area contributed by atoms with Crippen LogP contribution in [0, 0.1) is 6.92 Å². The van der Waals surface area contributed by atoms with Crippen LogP contribution >= 0.6 is 0 Å². The van der Waals surface area contributed by atoms with Gasteiger partial charge in [0, 0.05) is 20.0 Å². The van der Waals surface area contributed by atoms with Crippen molar-refractivity contribution in [2.75, 3.05) is 13.6 Å². The number of carboxylic acids is 1. The lowest BCUT2D eigenvalue weighted by Gasteiger charge is -2.18. The van der Waals surface area contributed by atoms with Crippen LogP contribution in [0.3, 0.4) is 0 Å². The van der Waals surface area contributed by atoms with Crippen LogP contribution in [-0.2, 0) is 11.3 Å². The molecule has 2 aromatic rings. The summed E-state index contributed by atoms with van der Waals surface area (Å²) in [4.78, 5) is 50.4. The molecule has 0 radical (unpaired) electrons. The second-order valence-electron chi connectivity index (χ2n) is 6.30. The summed E-state index contributed by atoms with van der Waals surface area (Å²) < 4.78 is 5.36. The van der Waals surface area contributed by atoms with Gasteiger partial charge in [-0.15, -0.1) is 0 Å². The number of fused-ring (bicyclic) bond motifs is 1. The molecule has 8 heteroatoms. The second kappa shape index (κ2) is 7.06. The number of hydrogen-bond acceptors (Lipinski definition) is 5. The smallest absolute Gasteiger partial charge is 0.339 e. The predicted molar refractivity (Wildman–Crippen MR) is 93.3 cm³/mol. The van der Waals surface area contributed by atoms with Gasteiger partial charge in [-0.25, -0.2) is 4.79 Å². The summed E-state index contributed by atoms with van der Waals surface area (Å²) in [6.45, 7) is 1.61. The van der Waals surface area contributed by atoms with Crippen molar-refractivity contribution in [1.29, 1.82) is 0 Å². The summed E-state index contributed by atoms with van der Waals surface area (Å²) in [5, 5.41) is 9.04. The minimum absolute atomic E-state index is 0.0208. The number of benzene rings is 1. The molecule has 2 heterocycles. The molecule has 0 saturated heterocycles. The standard InChI is InChI=1S/C19H18N2O6/c1-11-15(19(25)26)9-12(27-11)10-20(2)16(22)7-8-21-17(23)13-5-3-4-6-14(13)18(21)24/h3-6,9H,7-8,10H2,1-2H3,(H,25,26). The largest absolute Gasteiger partial charge is 0.478 e. The summed E-state index contributed by atoms with van der Waals surface area (Å²) in [6, 6.07) is 7.92. The van der Waals surface area contributed by atoms with E-state index in [2.05, 4.69) is 0 Å². The van der Waals surface area contributed by atoms with Crippen molar-refractivity contribution >= 4 is 23.7 Å². The molecule has 0 saturated carbocycles. The Morgan fingerprint density at radius 3 is 2.26 bits per heavy atom. The first-order chi connectivity index (χ1) is 12.8. The maximum atomic E-state index is 12.3. The maximum Gasteiger partial charge on any atom is 0.339 e. The topological polar surface area (TPSA) is 108 Å². The Bertz CT molecular complexity index is 910. The van der Waals surface area contributed by atoms with Crippen molar-refractivity contribution in [3.8, 4) is 0 Å². The Morgan fingerprint density at radius 2 is 1.74 bits per heavy atom. The van der Waals surface area contributed by atoms with E-state index in [0.29, 0.717) is 16.9 Å². The van der Waals surface area contributed by atoms with Crippen LogP contribution in [0.4, 0.5) is 0 Å². The lowest BCUT2D eigenvalue weighted by Crippen LogP contribution is -2.35. The van der Waals surface area contributed by atoms with Crippen molar-refractivity contribution < 1.29 is 28.7 Å². The number of nitrogens with zero attached hydrogens (tertiary/aromatic N) is 2. The molecule has 0 fully saturated rings. The van der Waals surface area contributed by atoms with Crippen LogP contribution in [0.1, 0.15) is 49.0 Å². The highest BCUT2D eigenvalue weighted by Gasteiger charge is 2.35.